The van der Waals surface area contributed by atoms with Crippen LogP contribution in [0.2, 0.25) is 0 Å². The number of hydrogen-bond acceptors (Lipinski definition) is 8. The lowest BCUT2D eigenvalue weighted by Gasteiger charge is -2.11. The van der Waals surface area contributed by atoms with Gasteiger partial charge in [0.05, 0.1) is 17.2 Å². The van der Waals surface area contributed by atoms with Crippen LogP contribution in [0.5, 0.6) is 0 Å². The van der Waals surface area contributed by atoms with Gasteiger partial charge in [0.25, 0.3) is 0 Å². The Bertz CT molecular complexity index is 537. The van der Waals surface area contributed by atoms with Crippen molar-refractivity contribution in [1.82, 2.24) is 19.9 Å². The van der Waals surface area contributed by atoms with Crippen LogP contribution in [0, 0.1) is 6.92 Å². The summed E-state index contributed by atoms with van der Waals surface area (Å²) < 4.78 is 0. The average Bonchev–Trinajstić information content (AvgIpc) is 2.72. The van der Waals surface area contributed by atoms with E-state index in [9.17, 15) is 0 Å². The van der Waals surface area contributed by atoms with Gasteiger partial charge in [-0.15, -0.1) is 11.3 Å². The van der Waals surface area contributed by atoms with Gasteiger partial charge in [0.15, 0.2) is 0 Å². The Morgan fingerprint density at radius 3 is 2.67 bits per heavy atom. The van der Waals surface area contributed by atoms with Crippen molar-refractivity contribution < 1.29 is 0 Å². The van der Waals surface area contributed by atoms with Gasteiger partial charge >= 0.3 is 0 Å². The number of nitrogens with one attached hydrogen (secondary N) is 1. The summed E-state index contributed by atoms with van der Waals surface area (Å²) in [5.41, 5.74) is 6.59. The van der Waals surface area contributed by atoms with Crippen molar-refractivity contribution >= 4 is 29.2 Å². The Kier molecular flexibility index (Phi) is 3.56. The fourth-order valence-electron chi connectivity index (χ4n) is 1.32. The van der Waals surface area contributed by atoms with Gasteiger partial charge in [-0.05, 0) is 6.92 Å². The Hall–Kier alpha value is -1.96. The minimum absolute atomic E-state index is 0.200. The predicted molar refractivity (Wildman–Crippen MR) is 72.7 cm³/mol. The van der Waals surface area contributed by atoms with Crippen molar-refractivity contribution in [2.24, 2.45) is 0 Å². The summed E-state index contributed by atoms with van der Waals surface area (Å²) in [6.07, 6.45) is 0. The molecule has 0 aromatic carbocycles. The molecule has 96 valence electrons. The van der Waals surface area contributed by atoms with Gasteiger partial charge in [0, 0.05) is 19.5 Å². The van der Waals surface area contributed by atoms with Crippen molar-refractivity contribution in [3.63, 3.8) is 0 Å². The maximum Gasteiger partial charge on any atom is 0.231 e. The van der Waals surface area contributed by atoms with Gasteiger partial charge < -0.3 is 16.0 Å². The molecular formula is C10H15N7S. The van der Waals surface area contributed by atoms with E-state index >= 15 is 0 Å². The summed E-state index contributed by atoms with van der Waals surface area (Å²) in [5.74, 6) is 1.18. The number of aromatic nitrogens is 4. The zero-order chi connectivity index (χ0) is 13.1. The molecule has 3 N–H and O–H groups in total. The quantitative estimate of drug-likeness (QED) is 0.848. The molecule has 0 unspecified atom stereocenters. The molecule has 18 heavy (non-hydrogen) atoms. The maximum atomic E-state index is 5.63. The SMILES string of the molecule is Cc1nc(CNc2nc(N)nc(N(C)C)n2)cs1. The standard InChI is InChI=1S/C10H15N7S/c1-6-13-7(5-18-6)4-12-9-14-8(11)15-10(16-9)17(2)3/h5H,4H2,1-3H3,(H3,11,12,14,15,16). The van der Waals surface area contributed by atoms with E-state index in [0.717, 1.165) is 10.7 Å². The molecule has 2 rings (SSSR count). The fourth-order valence-corrected chi connectivity index (χ4v) is 1.93. The lowest BCUT2D eigenvalue weighted by molar-refractivity contribution is 0.942. The number of aryl methyl sites for hydroxylation is 1. The van der Waals surface area contributed by atoms with E-state index in [-0.39, 0.29) is 5.95 Å². The molecule has 7 nitrogen and oxygen atoms in total. The summed E-state index contributed by atoms with van der Waals surface area (Å²) in [7, 11) is 3.70. The van der Waals surface area contributed by atoms with Crippen LogP contribution in [0.4, 0.5) is 17.8 Å². The number of nitrogens with two attached hydrogens (primary N) is 1. The van der Waals surface area contributed by atoms with E-state index in [4.69, 9.17) is 5.73 Å². The van der Waals surface area contributed by atoms with Gasteiger partial charge in [-0.1, -0.05) is 0 Å². The average molecular weight is 265 g/mol. The van der Waals surface area contributed by atoms with Crippen LogP contribution >= 0.6 is 11.3 Å². The van der Waals surface area contributed by atoms with E-state index in [1.807, 2.05) is 26.4 Å². The number of anilines is 3. The maximum absolute atomic E-state index is 5.63. The summed E-state index contributed by atoms with van der Waals surface area (Å²) in [4.78, 5) is 18.4. The van der Waals surface area contributed by atoms with E-state index in [1.165, 1.54) is 0 Å². The molecule has 0 aliphatic carbocycles. The highest BCUT2D eigenvalue weighted by Crippen LogP contribution is 2.12. The monoisotopic (exact) mass is 265 g/mol. The molecule has 8 heteroatoms. The topological polar surface area (TPSA) is 92.8 Å². The van der Waals surface area contributed by atoms with Crippen LogP contribution in [-0.4, -0.2) is 34.0 Å². The van der Waals surface area contributed by atoms with Gasteiger partial charge in [-0.25, -0.2) is 4.98 Å². The second-order valence-corrected chi connectivity index (χ2v) is 4.99. The van der Waals surface area contributed by atoms with Crippen LogP contribution in [0.15, 0.2) is 5.38 Å². The molecule has 0 atom stereocenters. The first-order valence-corrected chi connectivity index (χ1v) is 6.26. The summed E-state index contributed by atoms with van der Waals surface area (Å²) in [6.45, 7) is 2.54. The highest BCUT2D eigenvalue weighted by Gasteiger charge is 2.06. The Morgan fingerprint density at radius 1 is 1.28 bits per heavy atom. The minimum atomic E-state index is 0.200. The zero-order valence-corrected chi connectivity index (χ0v) is 11.3. The van der Waals surface area contributed by atoms with Crippen LogP contribution in [-0.2, 0) is 6.54 Å². The van der Waals surface area contributed by atoms with E-state index in [1.54, 1.807) is 16.2 Å². The van der Waals surface area contributed by atoms with E-state index in [2.05, 4.69) is 25.3 Å². The molecule has 0 saturated carbocycles. The number of hydrogen-bond donors (Lipinski definition) is 2. The first-order valence-electron chi connectivity index (χ1n) is 5.38. The fraction of sp³-hybridized carbons (Fsp3) is 0.400. The third-order valence-electron chi connectivity index (χ3n) is 2.14. The number of thiazole rings is 1. The molecular weight excluding hydrogens is 250 g/mol. The summed E-state index contributed by atoms with van der Waals surface area (Å²) in [5, 5.41) is 6.12. The second-order valence-electron chi connectivity index (χ2n) is 3.92. The normalized spacial score (nSPS) is 10.4. The lowest BCUT2D eigenvalue weighted by atomic mass is 10.5. The van der Waals surface area contributed by atoms with Crippen LogP contribution < -0.4 is 16.0 Å². The molecule has 0 bridgehead atoms. The third kappa shape index (κ3) is 3.04. The summed E-state index contributed by atoms with van der Waals surface area (Å²) >= 11 is 1.61. The van der Waals surface area contributed by atoms with Gasteiger partial charge in [0.2, 0.25) is 17.8 Å². The Labute approximate surface area is 109 Å². The first-order chi connectivity index (χ1) is 8.54. The number of nitrogen functional groups attached to an aromatic ring is 1. The number of nitrogens with zero attached hydrogens (tertiary/aromatic N) is 5. The number of rotatable bonds is 4. The van der Waals surface area contributed by atoms with Crippen LogP contribution in [0.3, 0.4) is 0 Å². The molecule has 0 saturated heterocycles. The van der Waals surface area contributed by atoms with Gasteiger partial charge in [-0.3, -0.25) is 0 Å². The molecule has 0 amide bonds. The van der Waals surface area contributed by atoms with Crippen molar-refractivity contribution in [3.05, 3.63) is 16.1 Å². The molecule has 0 spiro atoms. The largest absolute Gasteiger partial charge is 0.368 e. The Morgan fingerprint density at radius 2 is 2.06 bits per heavy atom. The van der Waals surface area contributed by atoms with Crippen molar-refractivity contribution in [1.29, 1.82) is 0 Å². The van der Waals surface area contributed by atoms with E-state index < -0.39 is 0 Å². The Balaban J connectivity index is 2.09. The second kappa shape index (κ2) is 5.13. The summed E-state index contributed by atoms with van der Waals surface area (Å²) in [6, 6.07) is 0. The highest BCUT2D eigenvalue weighted by molar-refractivity contribution is 7.09. The third-order valence-corrected chi connectivity index (χ3v) is 2.96. The molecule has 0 fully saturated rings. The lowest BCUT2D eigenvalue weighted by Crippen LogP contribution is -2.16. The molecule has 2 aromatic rings. The molecule has 0 aliphatic rings. The molecule has 2 aromatic heterocycles. The smallest absolute Gasteiger partial charge is 0.231 e. The van der Waals surface area contributed by atoms with Crippen LogP contribution in [0.1, 0.15) is 10.7 Å². The zero-order valence-electron chi connectivity index (χ0n) is 10.5. The van der Waals surface area contributed by atoms with Crippen molar-refractivity contribution in [2.45, 2.75) is 13.5 Å². The predicted octanol–water partition coefficient (Wildman–Crippen LogP) is 0.897. The van der Waals surface area contributed by atoms with Gasteiger partial charge in [0.1, 0.15) is 0 Å². The highest BCUT2D eigenvalue weighted by atomic mass is 32.1. The molecule has 0 aliphatic heterocycles. The van der Waals surface area contributed by atoms with E-state index in [0.29, 0.717) is 18.4 Å². The van der Waals surface area contributed by atoms with Gasteiger partial charge in [-0.2, -0.15) is 15.0 Å². The molecule has 0 radical (unpaired) electrons. The van der Waals surface area contributed by atoms with Crippen LogP contribution in [0.25, 0.3) is 0 Å². The first kappa shape index (κ1) is 12.5. The molecule has 2 heterocycles. The van der Waals surface area contributed by atoms with Crippen molar-refractivity contribution in [3.8, 4) is 0 Å². The minimum Gasteiger partial charge on any atom is -0.368 e. The van der Waals surface area contributed by atoms with Crippen molar-refractivity contribution in [2.75, 3.05) is 30.0 Å².